The quantitative estimate of drug-likeness (QED) is 0.832. The predicted octanol–water partition coefficient (Wildman–Crippen LogP) is 1.29. The predicted molar refractivity (Wildman–Crippen MR) is 48.4 cm³/mol. The van der Waals surface area contributed by atoms with Crippen molar-refractivity contribution < 1.29 is 5.11 Å². The zero-order valence-electron chi connectivity index (χ0n) is 5.83. The minimum Gasteiger partial charge on any atom is -0.396 e. The number of hydrogen-bond acceptors (Lipinski definition) is 4. The van der Waals surface area contributed by atoms with Gasteiger partial charge < -0.3 is 10.8 Å². The summed E-state index contributed by atoms with van der Waals surface area (Å²) < 4.78 is 4.89. The maximum atomic E-state index is 8.62. The van der Waals surface area contributed by atoms with E-state index >= 15 is 0 Å². The number of aliphatic hydroxyl groups is 1. The summed E-state index contributed by atoms with van der Waals surface area (Å²) in [5, 5.41) is 8.62. The van der Waals surface area contributed by atoms with E-state index in [1.807, 2.05) is 0 Å². The highest BCUT2D eigenvalue weighted by Crippen LogP contribution is 2.26. The first-order chi connectivity index (χ1) is 5.25. The first-order valence-electron chi connectivity index (χ1n) is 3.22. The van der Waals surface area contributed by atoms with E-state index in [2.05, 4.69) is 20.3 Å². The second-order valence-corrected chi connectivity index (χ2v) is 3.84. The van der Waals surface area contributed by atoms with E-state index in [0.29, 0.717) is 6.42 Å². The van der Waals surface area contributed by atoms with Crippen LogP contribution in [0.25, 0.3) is 0 Å². The summed E-state index contributed by atoms with van der Waals surface area (Å²) in [6, 6.07) is -0.0955. The van der Waals surface area contributed by atoms with Crippen molar-refractivity contribution in [3.63, 3.8) is 0 Å². The number of hydrogen-bond donors (Lipinski definition) is 2. The van der Waals surface area contributed by atoms with Crippen LogP contribution >= 0.6 is 27.5 Å². The number of aromatic nitrogens is 1. The lowest BCUT2D eigenvalue weighted by Gasteiger charge is -2.06. The van der Waals surface area contributed by atoms with Crippen molar-refractivity contribution in [2.45, 2.75) is 12.5 Å². The molecule has 0 aromatic carbocycles. The van der Waals surface area contributed by atoms with Crippen molar-refractivity contribution in [1.29, 1.82) is 0 Å². The molecule has 62 valence electrons. The van der Waals surface area contributed by atoms with Gasteiger partial charge in [0.2, 0.25) is 0 Å². The summed E-state index contributed by atoms with van der Waals surface area (Å²) in [5.41, 5.74) is 5.73. The van der Waals surface area contributed by atoms with Crippen LogP contribution in [0.15, 0.2) is 10.7 Å². The summed E-state index contributed by atoms with van der Waals surface area (Å²) in [4.78, 5) is 0.999. The molecule has 0 radical (unpaired) electrons. The molecule has 1 rings (SSSR count). The van der Waals surface area contributed by atoms with Crippen molar-refractivity contribution in [2.75, 3.05) is 6.61 Å². The van der Waals surface area contributed by atoms with Crippen LogP contribution in [0.1, 0.15) is 17.3 Å². The van der Waals surface area contributed by atoms with Gasteiger partial charge in [0.05, 0.1) is 15.5 Å². The maximum Gasteiger partial charge on any atom is 0.0563 e. The Bertz CT molecular complexity index is 228. The second kappa shape index (κ2) is 4.15. The Labute approximate surface area is 77.5 Å². The number of nitrogens with two attached hydrogens (primary N) is 1. The highest BCUT2D eigenvalue weighted by Gasteiger charge is 2.10. The molecular weight excluding hydrogens is 228 g/mol. The van der Waals surface area contributed by atoms with E-state index in [1.165, 1.54) is 11.5 Å². The highest BCUT2D eigenvalue weighted by molar-refractivity contribution is 9.10. The molecule has 0 fully saturated rings. The molecule has 5 heteroatoms. The van der Waals surface area contributed by atoms with Crippen LogP contribution in [0.5, 0.6) is 0 Å². The minimum atomic E-state index is -0.0955. The SMILES string of the molecule is NC(CCO)c1sncc1Br. The standard InChI is InChI=1S/C6H9BrN2OS/c7-4-3-9-11-6(4)5(8)1-2-10/h3,5,10H,1-2,8H2. The third-order valence-corrected chi connectivity index (χ3v) is 3.15. The van der Waals surface area contributed by atoms with Crippen molar-refractivity contribution in [3.05, 3.63) is 15.5 Å². The molecule has 0 bridgehead atoms. The van der Waals surface area contributed by atoms with Gasteiger partial charge in [-0.3, -0.25) is 0 Å². The fraction of sp³-hybridized carbons (Fsp3) is 0.500. The van der Waals surface area contributed by atoms with Crippen LogP contribution in [0.3, 0.4) is 0 Å². The van der Waals surface area contributed by atoms with Gasteiger partial charge in [-0.1, -0.05) is 0 Å². The van der Waals surface area contributed by atoms with Gasteiger partial charge in [0.1, 0.15) is 0 Å². The number of rotatable bonds is 3. The molecule has 1 atom stereocenters. The molecule has 0 spiro atoms. The van der Waals surface area contributed by atoms with Gasteiger partial charge in [0.25, 0.3) is 0 Å². The third kappa shape index (κ3) is 2.23. The monoisotopic (exact) mass is 236 g/mol. The normalized spacial score (nSPS) is 13.4. The van der Waals surface area contributed by atoms with Gasteiger partial charge in [-0.2, -0.15) is 4.37 Å². The van der Waals surface area contributed by atoms with Gasteiger partial charge in [-0.25, -0.2) is 0 Å². The average Bonchev–Trinajstić information content (AvgIpc) is 2.36. The zero-order chi connectivity index (χ0) is 8.27. The molecule has 3 N–H and O–H groups in total. The van der Waals surface area contributed by atoms with Crippen LogP contribution < -0.4 is 5.73 Å². The molecule has 1 heterocycles. The lowest BCUT2D eigenvalue weighted by Crippen LogP contribution is -2.10. The van der Waals surface area contributed by atoms with E-state index in [1.54, 1.807) is 6.20 Å². The summed E-state index contributed by atoms with van der Waals surface area (Å²) in [5.74, 6) is 0. The van der Waals surface area contributed by atoms with Crippen LogP contribution in [0.4, 0.5) is 0 Å². The molecule has 1 unspecified atom stereocenters. The van der Waals surface area contributed by atoms with Crippen LogP contribution in [0, 0.1) is 0 Å². The smallest absolute Gasteiger partial charge is 0.0563 e. The second-order valence-electron chi connectivity index (χ2n) is 2.16. The molecule has 0 amide bonds. The minimum absolute atomic E-state index is 0.0955. The van der Waals surface area contributed by atoms with Gasteiger partial charge in [0.15, 0.2) is 0 Å². The molecule has 0 saturated carbocycles. The molecule has 1 aromatic heterocycles. The first kappa shape index (κ1) is 9.12. The molecule has 0 saturated heterocycles. The summed E-state index contributed by atoms with van der Waals surface area (Å²) in [6.45, 7) is 0.117. The molecule has 0 aliphatic carbocycles. The van der Waals surface area contributed by atoms with E-state index in [-0.39, 0.29) is 12.6 Å². The van der Waals surface area contributed by atoms with E-state index < -0.39 is 0 Å². The Hall–Kier alpha value is 0.0300. The largest absolute Gasteiger partial charge is 0.396 e. The van der Waals surface area contributed by atoms with Crippen molar-refractivity contribution >= 4 is 27.5 Å². The summed E-state index contributed by atoms with van der Waals surface area (Å²) >= 11 is 4.69. The Morgan fingerprint density at radius 1 is 1.82 bits per heavy atom. The lowest BCUT2D eigenvalue weighted by atomic mass is 10.2. The number of nitrogens with zero attached hydrogens (tertiary/aromatic N) is 1. The Kier molecular flexibility index (Phi) is 3.45. The van der Waals surface area contributed by atoms with Crippen LogP contribution in [0.2, 0.25) is 0 Å². The van der Waals surface area contributed by atoms with Crippen molar-refractivity contribution in [1.82, 2.24) is 4.37 Å². The highest BCUT2D eigenvalue weighted by atomic mass is 79.9. The number of halogens is 1. The van der Waals surface area contributed by atoms with Gasteiger partial charge >= 0.3 is 0 Å². The van der Waals surface area contributed by atoms with Crippen molar-refractivity contribution in [2.24, 2.45) is 5.73 Å². The Morgan fingerprint density at radius 2 is 2.55 bits per heavy atom. The third-order valence-electron chi connectivity index (χ3n) is 1.33. The van der Waals surface area contributed by atoms with Crippen LogP contribution in [-0.4, -0.2) is 16.1 Å². The topological polar surface area (TPSA) is 59.1 Å². The molecular formula is C6H9BrN2OS. The average molecular weight is 237 g/mol. The van der Waals surface area contributed by atoms with E-state index in [9.17, 15) is 0 Å². The van der Waals surface area contributed by atoms with Crippen molar-refractivity contribution in [3.8, 4) is 0 Å². The Morgan fingerprint density at radius 3 is 3.00 bits per heavy atom. The molecule has 3 nitrogen and oxygen atoms in total. The molecule has 0 aliphatic rings. The lowest BCUT2D eigenvalue weighted by molar-refractivity contribution is 0.277. The van der Waals surface area contributed by atoms with E-state index in [4.69, 9.17) is 10.8 Å². The van der Waals surface area contributed by atoms with Crippen LogP contribution in [-0.2, 0) is 0 Å². The zero-order valence-corrected chi connectivity index (χ0v) is 8.23. The summed E-state index contributed by atoms with van der Waals surface area (Å²) in [6.07, 6.45) is 2.30. The molecule has 0 aliphatic heterocycles. The van der Waals surface area contributed by atoms with Gasteiger partial charge in [-0.15, -0.1) is 0 Å². The fourth-order valence-electron chi connectivity index (χ4n) is 0.752. The maximum absolute atomic E-state index is 8.62. The van der Waals surface area contributed by atoms with Gasteiger partial charge in [0, 0.05) is 12.6 Å². The van der Waals surface area contributed by atoms with Gasteiger partial charge in [-0.05, 0) is 33.9 Å². The van der Waals surface area contributed by atoms with E-state index in [0.717, 1.165) is 9.35 Å². The molecule has 11 heavy (non-hydrogen) atoms. The fourth-order valence-corrected chi connectivity index (χ4v) is 2.17. The first-order valence-corrected chi connectivity index (χ1v) is 4.79. The summed E-state index contributed by atoms with van der Waals surface area (Å²) in [7, 11) is 0. The Balaban J connectivity index is 2.67. The molecule has 1 aromatic rings. The number of aliphatic hydroxyl groups excluding tert-OH is 1.